The van der Waals surface area contributed by atoms with Crippen molar-refractivity contribution in [3.63, 3.8) is 0 Å². The summed E-state index contributed by atoms with van der Waals surface area (Å²) in [5.74, 6) is 3.24. The molecule has 0 heterocycles. The number of aliphatic imine (C=N–C) groups is 1. The van der Waals surface area contributed by atoms with Crippen LogP contribution in [0, 0.1) is 12.3 Å². The van der Waals surface area contributed by atoms with Crippen LogP contribution in [0.2, 0.25) is 0 Å². The lowest BCUT2D eigenvalue weighted by atomic mass is 10.1. The zero-order valence-electron chi connectivity index (χ0n) is 15.5. The highest BCUT2D eigenvalue weighted by Crippen LogP contribution is 2.13. The Morgan fingerprint density at radius 1 is 1.24 bits per heavy atom. The predicted octanol–water partition coefficient (Wildman–Crippen LogP) is 2.76. The largest absolute Gasteiger partial charge is 0.444 e. The predicted molar refractivity (Wildman–Crippen MR) is 103 cm³/mol. The molecule has 0 aliphatic carbocycles. The number of nitrogens with one attached hydrogen (secondary N) is 3. The Kier molecular flexibility index (Phi) is 8.34. The van der Waals surface area contributed by atoms with E-state index in [-0.39, 0.29) is 0 Å². The summed E-state index contributed by atoms with van der Waals surface area (Å²) in [5, 5.41) is 8.89. The van der Waals surface area contributed by atoms with Gasteiger partial charge in [0.2, 0.25) is 0 Å². The van der Waals surface area contributed by atoms with E-state index in [1.54, 1.807) is 0 Å². The quantitative estimate of drug-likeness (QED) is 0.421. The highest BCUT2D eigenvalue weighted by atomic mass is 16.6. The number of amides is 1. The van der Waals surface area contributed by atoms with Gasteiger partial charge in [-0.3, -0.25) is 10.3 Å². The van der Waals surface area contributed by atoms with Gasteiger partial charge in [-0.15, -0.1) is 6.42 Å². The first-order valence-corrected chi connectivity index (χ1v) is 8.38. The Labute approximate surface area is 150 Å². The maximum Gasteiger partial charge on any atom is 0.412 e. The van der Waals surface area contributed by atoms with E-state index < -0.39 is 11.7 Å². The van der Waals surface area contributed by atoms with Gasteiger partial charge in [-0.2, -0.15) is 0 Å². The molecule has 0 aromatic heterocycles. The molecule has 6 heteroatoms. The van der Waals surface area contributed by atoms with Gasteiger partial charge >= 0.3 is 6.09 Å². The molecule has 1 aromatic rings. The normalized spacial score (nSPS) is 11.4. The SMILES string of the molecule is C#CCNC(=NCCc1ccc(NC(=O)OC(C)(C)C)cc1)NCC. The second-order valence-corrected chi connectivity index (χ2v) is 6.39. The van der Waals surface area contributed by atoms with Crippen LogP contribution in [0.15, 0.2) is 29.3 Å². The van der Waals surface area contributed by atoms with Gasteiger partial charge in [0.1, 0.15) is 5.60 Å². The third kappa shape index (κ3) is 9.26. The summed E-state index contributed by atoms with van der Waals surface area (Å²) in [6.07, 6.45) is 5.57. The van der Waals surface area contributed by atoms with Gasteiger partial charge in [-0.05, 0) is 51.8 Å². The highest BCUT2D eigenvalue weighted by molar-refractivity contribution is 5.84. The molecule has 25 heavy (non-hydrogen) atoms. The monoisotopic (exact) mass is 344 g/mol. The van der Waals surface area contributed by atoms with Crippen molar-refractivity contribution >= 4 is 17.7 Å². The van der Waals surface area contributed by atoms with Gasteiger partial charge in [-0.25, -0.2) is 4.79 Å². The van der Waals surface area contributed by atoms with Crippen molar-refractivity contribution in [2.45, 2.75) is 39.7 Å². The lowest BCUT2D eigenvalue weighted by molar-refractivity contribution is 0.0636. The first-order valence-electron chi connectivity index (χ1n) is 8.38. The minimum Gasteiger partial charge on any atom is -0.444 e. The second-order valence-electron chi connectivity index (χ2n) is 6.39. The van der Waals surface area contributed by atoms with Gasteiger partial charge in [0.05, 0.1) is 6.54 Å². The third-order valence-corrected chi connectivity index (χ3v) is 2.97. The summed E-state index contributed by atoms with van der Waals surface area (Å²) in [6.45, 7) is 9.35. The van der Waals surface area contributed by atoms with Crippen molar-refractivity contribution in [1.29, 1.82) is 0 Å². The molecule has 0 fully saturated rings. The van der Waals surface area contributed by atoms with E-state index in [4.69, 9.17) is 11.2 Å². The standard InChI is InChI=1S/C19H28N4O2/c1-6-13-21-17(20-7-2)22-14-12-15-8-10-16(11-9-15)23-18(24)25-19(3,4)5/h1,8-11H,7,12-14H2,2-5H3,(H,23,24)(H2,20,21,22). The first-order chi connectivity index (χ1) is 11.8. The zero-order chi connectivity index (χ0) is 18.7. The van der Waals surface area contributed by atoms with Crippen LogP contribution < -0.4 is 16.0 Å². The van der Waals surface area contributed by atoms with Gasteiger partial charge in [0.15, 0.2) is 5.96 Å². The molecule has 0 bridgehead atoms. The fourth-order valence-electron chi connectivity index (χ4n) is 1.95. The fourth-order valence-corrected chi connectivity index (χ4v) is 1.95. The van der Waals surface area contributed by atoms with E-state index in [2.05, 4.69) is 26.9 Å². The van der Waals surface area contributed by atoms with Gasteiger partial charge < -0.3 is 15.4 Å². The van der Waals surface area contributed by atoms with E-state index in [0.717, 1.165) is 18.5 Å². The van der Waals surface area contributed by atoms with Crippen LogP contribution >= 0.6 is 0 Å². The van der Waals surface area contributed by atoms with E-state index >= 15 is 0 Å². The lowest BCUT2D eigenvalue weighted by Gasteiger charge is -2.19. The Balaban J connectivity index is 2.51. The van der Waals surface area contributed by atoms with Crippen LogP contribution in [0.1, 0.15) is 33.3 Å². The number of hydrogen-bond acceptors (Lipinski definition) is 3. The van der Waals surface area contributed by atoms with Gasteiger partial charge in [0.25, 0.3) is 0 Å². The highest BCUT2D eigenvalue weighted by Gasteiger charge is 2.15. The Bertz CT molecular complexity index is 610. The van der Waals surface area contributed by atoms with Gasteiger partial charge in [-0.1, -0.05) is 18.1 Å². The summed E-state index contributed by atoms with van der Waals surface area (Å²) < 4.78 is 5.22. The Hall–Kier alpha value is -2.68. The van der Waals surface area contributed by atoms with E-state index in [9.17, 15) is 4.79 Å². The molecule has 1 aromatic carbocycles. The molecular weight excluding hydrogens is 316 g/mol. The molecule has 0 radical (unpaired) electrons. The topological polar surface area (TPSA) is 74.8 Å². The maximum absolute atomic E-state index is 11.7. The Morgan fingerprint density at radius 3 is 2.48 bits per heavy atom. The molecule has 1 rings (SSSR count). The second kappa shape index (κ2) is 10.2. The molecule has 0 aliphatic rings. The smallest absolute Gasteiger partial charge is 0.412 e. The van der Waals surface area contributed by atoms with Gasteiger partial charge in [0, 0.05) is 18.8 Å². The van der Waals surface area contributed by atoms with Crippen molar-refractivity contribution < 1.29 is 9.53 Å². The van der Waals surface area contributed by atoms with Crippen molar-refractivity contribution in [3.05, 3.63) is 29.8 Å². The number of nitrogens with zero attached hydrogens (tertiary/aromatic N) is 1. The number of hydrogen-bond donors (Lipinski definition) is 3. The molecule has 0 saturated carbocycles. The van der Waals surface area contributed by atoms with Crippen molar-refractivity contribution in [2.75, 3.05) is 25.0 Å². The molecule has 0 saturated heterocycles. The molecule has 6 nitrogen and oxygen atoms in total. The summed E-state index contributed by atoms with van der Waals surface area (Å²) in [6, 6.07) is 7.63. The average Bonchev–Trinajstić information content (AvgIpc) is 2.52. The summed E-state index contributed by atoms with van der Waals surface area (Å²) in [7, 11) is 0. The molecule has 1 amide bonds. The van der Waals surface area contributed by atoms with E-state index in [1.807, 2.05) is 52.0 Å². The lowest BCUT2D eigenvalue weighted by Crippen LogP contribution is -2.37. The molecule has 0 atom stereocenters. The number of anilines is 1. The van der Waals surface area contributed by atoms with Crippen LogP contribution in [0.5, 0.6) is 0 Å². The number of terminal acetylenes is 1. The van der Waals surface area contributed by atoms with Crippen LogP contribution in [0.4, 0.5) is 10.5 Å². The summed E-state index contributed by atoms with van der Waals surface area (Å²) >= 11 is 0. The number of guanidine groups is 1. The van der Waals surface area contributed by atoms with Crippen molar-refractivity contribution in [2.24, 2.45) is 4.99 Å². The minimum absolute atomic E-state index is 0.441. The number of ether oxygens (including phenoxy) is 1. The van der Waals surface area contributed by atoms with Crippen LogP contribution in [-0.2, 0) is 11.2 Å². The molecule has 0 unspecified atom stereocenters. The summed E-state index contributed by atoms with van der Waals surface area (Å²) in [5.41, 5.74) is 1.32. The molecule has 3 N–H and O–H groups in total. The maximum atomic E-state index is 11.7. The number of carbonyl (C=O) groups is 1. The first kappa shape index (κ1) is 20.4. The van der Waals surface area contributed by atoms with E-state index in [1.165, 1.54) is 0 Å². The molecule has 0 aliphatic heterocycles. The molecule has 0 spiro atoms. The van der Waals surface area contributed by atoms with Crippen molar-refractivity contribution in [3.8, 4) is 12.3 Å². The minimum atomic E-state index is -0.514. The van der Waals surface area contributed by atoms with Crippen molar-refractivity contribution in [1.82, 2.24) is 10.6 Å². The zero-order valence-corrected chi connectivity index (χ0v) is 15.5. The fraction of sp³-hybridized carbons (Fsp3) is 0.474. The van der Waals surface area contributed by atoms with E-state index in [0.29, 0.717) is 24.7 Å². The van der Waals surface area contributed by atoms with Crippen LogP contribution in [0.3, 0.4) is 0 Å². The number of rotatable bonds is 6. The van der Waals surface area contributed by atoms with Crippen LogP contribution in [-0.4, -0.2) is 37.3 Å². The molecule has 136 valence electrons. The third-order valence-electron chi connectivity index (χ3n) is 2.97. The molecular formula is C19H28N4O2. The Morgan fingerprint density at radius 2 is 1.92 bits per heavy atom. The number of carbonyl (C=O) groups excluding carboxylic acids is 1. The average molecular weight is 344 g/mol. The number of benzene rings is 1. The summed E-state index contributed by atoms with van der Waals surface area (Å²) in [4.78, 5) is 16.2. The van der Waals surface area contributed by atoms with Crippen LogP contribution in [0.25, 0.3) is 0 Å².